The van der Waals surface area contributed by atoms with Gasteiger partial charge in [0.2, 0.25) is 0 Å². The molecule has 1 aliphatic heterocycles. The van der Waals surface area contributed by atoms with Gasteiger partial charge in [0.05, 0.1) is 0 Å². The Labute approximate surface area is 75.5 Å². The Bertz CT molecular complexity index is 133. The molecule has 0 aliphatic carbocycles. The monoisotopic (exact) mass is 171 g/mol. The maximum Gasteiger partial charge on any atom is 0.0469 e. The summed E-state index contributed by atoms with van der Waals surface area (Å²) in [6.07, 6.45) is 2.27. The van der Waals surface area contributed by atoms with Gasteiger partial charge in [-0.05, 0) is 24.2 Å². The van der Waals surface area contributed by atoms with Gasteiger partial charge >= 0.3 is 0 Å². The molecule has 0 aromatic rings. The fourth-order valence-electron chi connectivity index (χ4n) is 1.78. The SMILES string of the molecule is CC(C)(C)C(N)C1CCOCC1. The van der Waals surface area contributed by atoms with E-state index in [1.807, 2.05) is 0 Å². The molecule has 0 spiro atoms. The van der Waals surface area contributed by atoms with Crippen molar-refractivity contribution in [1.82, 2.24) is 0 Å². The van der Waals surface area contributed by atoms with Gasteiger partial charge in [0.25, 0.3) is 0 Å². The smallest absolute Gasteiger partial charge is 0.0469 e. The van der Waals surface area contributed by atoms with Crippen LogP contribution in [0.25, 0.3) is 0 Å². The second-order valence-electron chi connectivity index (χ2n) is 4.84. The van der Waals surface area contributed by atoms with E-state index in [1.165, 1.54) is 0 Å². The Morgan fingerprint density at radius 3 is 2.17 bits per heavy atom. The van der Waals surface area contributed by atoms with Crippen LogP contribution in [0.3, 0.4) is 0 Å². The second-order valence-corrected chi connectivity index (χ2v) is 4.84. The van der Waals surface area contributed by atoms with Crippen LogP contribution in [0.15, 0.2) is 0 Å². The van der Waals surface area contributed by atoms with E-state index in [0.717, 1.165) is 26.1 Å². The van der Waals surface area contributed by atoms with Crippen molar-refractivity contribution in [3.8, 4) is 0 Å². The lowest BCUT2D eigenvalue weighted by molar-refractivity contribution is 0.0434. The van der Waals surface area contributed by atoms with Crippen LogP contribution in [0, 0.1) is 11.3 Å². The maximum absolute atomic E-state index is 6.17. The van der Waals surface area contributed by atoms with Gasteiger partial charge in [-0.2, -0.15) is 0 Å². The molecule has 1 saturated heterocycles. The lowest BCUT2D eigenvalue weighted by Crippen LogP contribution is -2.43. The molecule has 12 heavy (non-hydrogen) atoms. The predicted octanol–water partition coefficient (Wildman–Crippen LogP) is 1.79. The van der Waals surface area contributed by atoms with Crippen LogP contribution < -0.4 is 5.73 Å². The van der Waals surface area contributed by atoms with Gasteiger partial charge in [-0.1, -0.05) is 20.8 Å². The van der Waals surface area contributed by atoms with Crippen molar-refractivity contribution in [3.05, 3.63) is 0 Å². The van der Waals surface area contributed by atoms with Gasteiger partial charge in [-0.25, -0.2) is 0 Å². The van der Waals surface area contributed by atoms with Crippen LogP contribution in [0.5, 0.6) is 0 Å². The minimum atomic E-state index is 0.238. The first kappa shape index (κ1) is 10.0. The largest absolute Gasteiger partial charge is 0.381 e. The maximum atomic E-state index is 6.17. The first-order valence-corrected chi connectivity index (χ1v) is 4.85. The van der Waals surface area contributed by atoms with Crippen molar-refractivity contribution in [2.45, 2.75) is 39.7 Å². The average Bonchev–Trinajstić information content (AvgIpc) is 2.03. The van der Waals surface area contributed by atoms with Crippen LogP contribution in [-0.4, -0.2) is 19.3 Å². The Morgan fingerprint density at radius 1 is 1.25 bits per heavy atom. The molecule has 1 atom stereocenters. The van der Waals surface area contributed by atoms with Crippen molar-refractivity contribution in [2.24, 2.45) is 17.1 Å². The average molecular weight is 171 g/mol. The van der Waals surface area contributed by atoms with E-state index in [0.29, 0.717) is 12.0 Å². The summed E-state index contributed by atoms with van der Waals surface area (Å²) in [5.74, 6) is 0.666. The highest BCUT2D eigenvalue weighted by molar-refractivity contribution is 4.84. The van der Waals surface area contributed by atoms with E-state index < -0.39 is 0 Å². The highest BCUT2D eigenvalue weighted by Crippen LogP contribution is 2.29. The minimum absolute atomic E-state index is 0.238. The van der Waals surface area contributed by atoms with Crippen LogP contribution in [0.4, 0.5) is 0 Å². The molecule has 1 unspecified atom stereocenters. The quantitative estimate of drug-likeness (QED) is 0.652. The van der Waals surface area contributed by atoms with Crippen molar-refractivity contribution < 1.29 is 4.74 Å². The fourth-order valence-corrected chi connectivity index (χ4v) is 1.78. The Hall–Kier alpha value is -0.0800. The summed E-state index contributed by atoms with van der Waals surface area (Å²) >= 11 is 0. The third-order valence-corrected chi connectivity index (χ3v) is 2.77. The van der Waals surface area contributed by atoms with Crippen LogP contribution in [0.2, 0.25) is 0 Å². The lowest BCUT2D eigenvalue weighted by Gasteiger charge is -2.36. The molecule has 0 aromatic carbocycles. The van der Waals surface area contributed by atoms with Gasteiger partial charge in [0.15, 0.2) is 0 Å². The van der Waals surface area contributed by atoms with E-state index in [4.69, 9.17) is 10.5 Å². The zero-order valence-electron chi connectivity index (χ0n) is 8.47. The number of rotatable bonds is 1. The minimum Gasteiger partial charge on any atom is -0.381 e. The van der Waals surface area contributed by atoms with Gasteiger partial charge < -0.3 is 10.5 Å². The third-order valence-electron chi connectivity index (χ3n) is 2.77. The highest BCUT2D eigenvalue weighted by Gasteiger charge is 2.29. The zero-order valence-corrected chi connectivity index (χ0v) is 8.47. The number of nitrogens with two attached hydrogens (primary N) is 1. The summed E-state index contributed by atoms with van der Waals surface area (Å²) in [5.41, 5.74) is 6.41. The Kier molecular flexibility index (Phi) is 3.13. The van der Waals surface area contributed by atoms with Crippen molar-refractivity contribution in [2.75, 3.05) is 13.2 Å². The second kappa shape index (κ2) is 3.75. The van der Waals surface area contributed by atoms with E-state index >= 15 is 0 Å². The van der Waals surface area contributed by atoms with Gasteiger partial charge in [0.1, 0.15) is 0 Å². The Balaban J connectivity index is 2.45. The predicted molar refractivity (Wildman–Crippen MR) is 51.0 cm³/mol. The molecule has 0 aromatic heterocycles. The van der Waals surface area contributed by atoms with Crippen molar-refractivity contribution >= 4 is 0 Å². The lowest BCUT2D eigenvalue weighted by atomic mass is 9.76. The highest BCUT2D eigenvalue weighted by atomic mass is 16.5. The number of hydrogen-bond acceptors (Lipinski definition) is 2. The summed E-state index contributed by atoms with van der Waals surface area (Å²) in [6.45, 7) is 8.44. The van der Waals surface area contributed by atoms with Crippen LogP contribution >= 0.6 is 0 Å². The molecular weight excluding hydrogens is 150 g/mol. The molecule has 0 radical (unpaired) electrons. The zero-order chi connectivity index (χ0) is 9.19. The topological polar surface area (TPSA) is 35.2 Å². The standard InChI is InChI=1S/C10H21NO/c1-10(2,3)9(11)8-4-6-12-7-5-8/h8-9H,4-7,11H2,1-3H3. The van der Waals surface area contributed by atoms with Crippen LogP contribution in [0.1, 0.15) is 33.6 Å². The van der Waals surface area contributed by atoms with Crippen molar-refractivity contribution in [3.63, 3.8) is 0 Å². The first-order valence-electron chi connectivity index (χ1n) is 4.85. The van der Waals surface area contributed by atoms with E-state index in [2.05, 4.69) is 20.8 Å². The number of ether oxygens (including phenoxy) is 1. The molecule has 0 amide bonds. The molecule has 0 bridgehead atoms. The molecule has 1 aliphatic rings. The fraction of sp³-hybridized carbons (Fsp3) is 1.00. The summed E-state index contributed by atoms with van der Waals surface area (Å²) in [5, 5.41) is 0. The summed E-state index contributed by atoms with van der Waals surface area (Å²) < 4.78 is 5.31. The van der Waals surface area contributed by atoms with Crippen molar-refractivity contribution in [1.29, 1.82) is 0 Å². The number of hydrogen-bond donors (Lipinski definition) is 1. The normalized spacial score (nSPS) is 24.0. The molecule has 1 heterocycles. The van der Waals surface area contributed by atoms with Gasteiger partial charge in [-0.15, -0.1) is 0 Å². The van der Waals surface area contributed by atoms with E-state index in [-0.39, 0.29) is 5.41 Å². The molecule has 2 nitrogen and oxygen atoms in total. The van der Waals surface area contributed by atoms with Gasteiger partial charge in [-0.3, -0.25) is 0 Å². The van der Waals surface area contributed by atoms with E-state index in [1.54, 1.807) is 0 Å². The summed E-state index contributed by atoms with van der Waals surface area (Å²) in [6, 6.07) is 0.321. The molecule has 2 heteroatoms. The molecule has 2 N–H and O–H groups in total. The molecular formula is C10H21NO. The van der Waals surface area contributed by atoms with Gasteiger partial charge in [0, 0.05) is 19.3 Å². The molecule has 1 fully saturated rings. The summed E-state index contributed by atoms with van der Waals surface area (Å²) in [4.78, 5) is 0. The molecule has 0 saturated carbocycles. The van der Waals surface area contributed by atoms with Crippen LogP contribution in [-0.2, 0) is 4.74 Å². The Morgan fingerprint density at radius 2 is 1.75 bits per heavy atom. The van der Waals surface area contributed by atoms with E-state index in [9.17, 15) is 0 Å². The molecule has 72 valence electrons. The first-order chi connectivity index (χ1) is 5.52. The third kappa shape index (κ3) is 2.46. The summed E-state index contributed by atoms with van der Waals surface area (Å²) in [7, 11) is 0. The molecule has 1 rings (SSSR count).